The molecule has 1 aliphatic heterocycles. The molecular weight excluding hydrogens is 294 g/mol. The first-order valence-electron chi connectivity index (χ1n) is 6.13. The van der Waals surface area contributed by atoms with E-state index < -0.39 is 0 Å². The molecule has 1 aromatic rings. The van der Waals surface area contributed by atoms with E-state index in [1.807, 2.05) is 11.0 Å². The number of nitrogens with one attached hydrogen (secondary N) is 1. The van der Waals surface area contributed by atoms with E-state index in [1.165, 1.54) is 11.1 Å². The fourth-order valence-corrected chi connectivity index (χ4v) is 2.61. The van der Waals surface area contributed by atoms with Crippen molar-refractivity contribution >= 4 is 22.0 Å². The van der Waals surface area contributed by atoms with Crippen molar-refractivity contribution in [2.24, 2.45) is 5.73 Å². The summed E-state index contributed by atoms with van der Waals surface area (Å²) in [7, 11) is 0. The number of nitrogens with two attached hydrogens (primary N) is 1. The highest BCUT2D eigenvalue weighted by Gasteiger charge is 2.29. The zero-order chi connectivity index (χ0) is 13.1. The maximum Gasteiger partial charge on any atom is 0.318 e. The SMILES string of the molecule is Cc1ccc(Br)cc1C1CN(CCCN)C(=O)N1. The van der Waals surface area contributed by atoms with Crippen molar-refractivity contribution in [3.8, 4) is 0 Å². The summed E-state index contributed by atoms with van der Waals surface area (Å²) in [5.41, 5.74) is 7.85. The summed E-state index contributed by atoms with van der Waals surface area (Å²) < 4.78 is 1.04. The van der Waals surface area contributed by atoms with Gasteiger partial charge in [0.1, 0.15) is 0 Å². The first kappa shape index (κ1) is 13.4. The van der Waals surface area contributed by atoms with Crippen molar-refractivity contribution in [1.29, 1.82) is 0 Å². The fraction of sp³-hybridized carbons (Fsp3) is 0.462. The van der Waals surface area contributed by atoms with Crippen LogP contribution >= 0.6 is 15.9 Å². The zero-order valence-electron chi connectivity index (χ0n) is 10.4. The lowest BCUT2D eigenvalue weighted by atomic mass is 10.0. The number of nitrogens with zero attached hydrogens (tertiary/aromatic N) is 1. The summed E-state index contributed by atoms with van der Waals surface area (Å²) in [6.07, 6.45) is 0.845. The highest BCUT2D eigenvalue weighted by atomic mass is 79.9. The van der Waals surface area contributed by atoms with Crippen molar-refractivity contribution in [2.75, 3.05) is 19.6 Å². The van der Waals surface area contributed by atoms with Crippen LogP contribution in [0.25, 0.3) is 0 Å². The molecular formula is C13H18BrN3O. The van der Waals surface area contributed by atoms with Gasteiger partial charge in [0.15, 0.2) is 0 Å². The lowest BCUT2D eigenvalue weighted by Gasteiger charge is -2.15. The van der Waals surface area contributed by atoms with Crippen molar-refractivity contribution in [3.63, 3.8) is 0 Å². The van der Waals surface area contributed by atoms with E-state index in [9.17, 15) is 4.79 Å². The molecule has 4 nitrogen and oxygen atoms in total. The van der Waals surface area contributed by atoms with Gasteiger partial charge in [-0.15, -0.1) is 0 Å². The minimum Gasteiger partial charge on any atom is -0.330 e. The Labute approximate surface area is 116 Å². The lowest BCUT2D eigenvalue weighted by Crippen LogP contribution is -2.30. The van der Waals surface area contributed by atoms with Crippen LogP contribution in [-0.4, -0.2) is 30.6 Å². The number of amides is 2. The van der Waals surface area contributed by atoms with Crippen LogP contribution in [0.3, 0.4) is 0 Å². The molecule has 0 spiro atoms. The van der Waals surface area contributed by atoms with E-state index in [0.717, 1.165) is 24.0 Å². The summed E-state index contributed by atoms with van der Waals surface area (Å²) in [5.74, 6) is 0. The van der Waals surface area contributed by atoms with Crippen LogP contribution in [0, 0.1) is 6.92 Å². The average Bonchev–Trinajstić information content (AvgIpc) is 2.71. The highest BCUT2D eigenvalue weighted by molar-refractivity contribution is 9.10. The third kappa shape index (κ3) is 2.84. The van der Waals surface area contributed by atoms with E-state index in [2.05, 4.69) is 40.3 Å². The molecule has 0 radical (unpaired) electrons. The molecule has 5 heteroatoms. The average molecular weight is 312 g/mol. The molecule has 2 amide bonds. The first-order chi connectivity index (χ1) is 8.61. The van der Waals surface area contributed by atoms with Gasteiger partial charge in [-0.05, 0) is 43.1 Å². The van der Waals surface area contributed by atoms with Gasteiger partial charge in [-0.2, -0.15) is 0 Å². The first-order valence-corrected chi connectivity index (χ1v) is 6.92. The molecule has 0 saturated carbocycles. The molecule has 1 saturated heterocycles. The smallest absolute Gasteiger partial charge is 0.318 e. The monoisotopic (exact) mass is 311 g/mol. The Bertz CT molecular complexity index is 450. The maximum atomic E-state index is 11.8. The Kier molecular flexibility index (Phi) is 4.24. The number of urea groups is 1. The molecule has 18 heavy (non-hydrogen) atoms. The number of aryl methyl sites for hydroxylation is 1. The summed E-state index contributed by atoms with van der Waals surface area (Å²) in [5, 5.41) is 3.02. The molecule has 3 N–H and O–H groups in total. The summed E-state index contributed by atoms with van der Waals surface area (Å²) >= 11 is 3.47. The molecule has 1 unspecified atom stereocenters. The number of halogens is 1. The quantitative estimate of drug-likeness (QED) is 0.895. The second kappa shape index (κ2) is 5.71. The minimum absolute atomic E-state index is 0.00725. The van der Waals surface area contributed by atoms with Gasteiger partial charge in [-0.3, -0.25) is 0 Å². The molecule has 2 rings (SSSR count). The van der Waals surface area contributed by atoms with Crippen LogP contribution in [0.1, 0.15) is 23.6 Å². The number of benzene rings is 1. The topological polar surface area (TPSA) is 58.4 Å². The minimum atomic E-state index is 0.00725. The van der Waals surface area contributed by atoms with E-state index in [-0.39, 0.29) is 12.1 Å². The van der Waals surface area contributed by atoms with Crippen molar-refractivity contribution in [2.45, 2.75) is 19.4 Å². The van der Waals surface area contributed by atoms with Gasteiger partial charge in [0.05, 0.1) is 6.04 Å². The second-order valence-electron chi connectivity index (χ2n) is 4.59. The normalized spacial score (nSPS) is 19.2. The van der Waals surface area contributed by atoms with Gasteiger partial charge >= 0.3 is 6.03 Å². The molecule has 98 valence electrons. The van der Waals surface area contributed by atoms with E-state index in [1.54, 1.807) is 0 Å². The van der Waals surface area contributed by atoms with Crippen molar-refractivity contribution < 1.29 is 4.79 Å². The second-order valence-corrected chi connectivity index (χ2v) is 5.51. The van der Waals surface area contributed by atoms with E-state index in [4.69, 9.17) is 5.73 Å². The lowest BCUT2D eigenvalue weighted by molar-refractivity contribution is 0.217. The number of carbonyl (C=O) groups is 1. The molecule has 0 bridgehead atoms. The number of carbonyl (C=O) groups excluding carboxylic acids is 1. The van der Waals surface area contributed by atoms with Gasteiger partial charge in [-0.1, -0.05) is 22.0 Å². The van der Waals surface area contributed by atoms with E-state index in [0.29, 0.717) is 6.54 Å². The highest BCUT2D eigenvalue weighted by Crippen LogP contribution is 2.26. The predicted molar refractivity (Wildman–Crippen MR) is 75.4 cm³/mol. The Morgan fingerprint density at radius 3 is 3.06 bits per heavy atom. The van der Waals surface area contributed by atoms with Crippen molar-refractivity contribution in [1.82, 2.24) is 10.2 Å². The molecule has 1 aliphatic rings. The van der Waals surface area contributed by atoms with Gasteiger partial charge in [-0.25, -0.2) is 4.79 Å². The maximum absolute atomic E-state index is 11.8. The summed E-state index contributed by atoms with van der Waals surface area (Å²) in [4.78, 5) is 13.7. The third-order valence-corrected chi connectivity index (χ3v) is 3.73. The standard InChI is InChI=1S/C13H18BrN3O/c1-9-3-4-10(14)7-11(9)12-8-17(6-2-5-15)13(18)16-12/h3-4,7,12H,2,5-6,8,15H2,1H3,(H,16,18). The van der Waals surface area contributed by atoms with Crippen LogP contribution in [0.2, 0.25) is 0 Å². The number of hydrogen-bond acceptors (Lipinski definition) is 2. The molecule has 1 heterocycles. The summed E-state index contributed by atoms with van der Waals surface area (Å²) in [6, 6.07) is 6.24. The summed E-state index contributed by atoms with van der Waals surface area (Å²) in [6.45, 7) is 4.13. The van der Waals surface area contributed by atoms with Gasteiger partial charge in [0, 0.05) is 17.6 Å². The van der Waals surface area contributed by atoms with Crippen LogP contribution in [0.15, 0.2) is 22.7 Å². The van der Waals surface area contributed by atoms with Gasteiger partial charge < -0.3 is 16.0 Å². The van der Waals surface area contributed by atoms with E-state index >= 15 is 0 Å². The van der Waals surface area contributed by atoms with Gasteiger partial charge in [0.25, 0.3) is 0 Å². The molecule has 1 fully saturated rings. The van der Waals surface area contributed by atoms with Crippen LogP contribution in [0.4, 0.5) is 4.79 Å². The molecule has 0 aliphatic carbocycles. The van der Waals surface area contributed by atoms with Crippen LogP contribution < -0.4 is 11.1 Å². The largest absolute Gasteiger partial charge is 0.330 e. The van der Waals surface area contributed by atoms with Crippen LogP contribution in [0.5, 0.6) is 0 Å². The molecule has 1 atom stereocenters. The third-order valence-electron chi connectivity index (χ3n) is 3.24. The molecule has 1 aromatic carbocycles. The Balaban J connectivity index is 2.11. The zero-order valence-corrected chi connectivity index (χ0v) is 12.0. The Hall–Kier alpha value is -1.07. The number of hydrogen-bond donors (Lipinski definition) is 2. The predicted octanol–water partition coefficient (Wildman–Crippen LogP) is 2.17. The van der Waals surface area contributed by atoms with Gasteiger partial charge in [0.2, 0.25) is 0 Å². The Morgan fingerprint density at radius 2 is 2.33 bits per heavy atom. The molecule has 0 aromatic heterocycles. The Morgan fingerprint density at radius 1 is 1.56 bits per heavy atom. The fourth-order valence-electron chi connectivity index (χ4n) is 2.23. The number of rotatable bonds is 4. The van der Waals surface area contributed by atoms with Crippen molar-refractivity contribution in [3.05, 3.63) is 33.8 Å². The van der Waals surface area contributed by atoms with Crippen LogP contribution in [-0.2, 0) is 0 Å².